The summed E-state index contributed by atoms with van der Waals surface area (Å²) in [5.74, 6) is 0.132. The second-order valence-corrected chi connectivity index (χ2v) is 6.10. The monoisotopic (exact) mass is 309 g/mol. The van der Waals surface area contributed by atoms with Crippen molar-refractivity contribution in [2.45, 2.75) is 26.3 Å². The van der Waals surface area contributed by atoms with E-state index in [4.69, 9.17) is 0 Å². The molecule has 22 heavy (non-hydrogen) atoms. The van der Waals surface area contributed by atoms with Gasteiger partial charge in [0.1, 0.15) is 11.4 Å². The first-order chi connectivity index (χ1) is 10.3. The first-order valence-electron chi connectivity index (χ1n) is 6.92. The number of hydrogen-bond donors (Lipinski definition) is 4. The van der Waals surface area contributed by atoms with Crippen molar-refractivity contribution in [3.8, 4) is 0 Å². The number of nitrogens with one attached hydrogen (secondary N) is 1. The molecule has 0 fully saturated rings. The Morgan fingerprint density at radius 1 is 1.27 bits per heavy atom. The number of aromatic nitrogens is 1. The van der Waals surface area contributed by atoms with E-state index in [2.05, 4.69) is 15.3 Å². The number of nitrogens with zero attached hydrogens (tertiary/aromatic N) is 2. The summed E-state index contributed by atoms with van der Waals surface area (Å²) in [6.07, 6.45) is 2.90. The molecule has 0 unspecified atom stereocenters. The number of rotatable bonds is 6. The lowest BCUT2D eigenvalue weighted by molar-refractivity contribution is -0.123. The van der Waals surface area contributed by atoms with Crippen LogP contribution in [0.1, 0.15) is 26.3 Å². The van der Waals surface area contributed by atoms with Crippen molar-refractivity contribution in [3.05, 3.63) is 23.9 Å². The second-order valence-electron chi connectivity index (χ2n) is 6.10. The third-order valence-electron chi connectivity index (χ3n) is 3.11. The van der Waals surface area contributed by atoms with E-state index in [1.54, 1.807) is 32.9 Å². The Kier molecular flexibility index (Phi) is 6.16. The number of hydrogen-bond acceptors (Lipinski definition) is 6. The summed E-state index contributed by atoms with van der Waals surface area (Å²) in [5.41, 5.74) is -1.42. The fraction of sp³-hybridized carbons (Fsp3) is 0.533. The summed E-state index contributed by atoms with van der Waals surface area (Å²) in [6.45, 7) is 3.86. The van der Waals surface area contributed by atoms with Crippen molar-refractivity contribution < 1.29 is 20.1 Å². The predicted octanol–water partition coefficient (Wildman–Crippen LogP) is 0.201. The van der Waals surface area contributed by atoms with Gasteiger partial charge >= 0.3 is 0 Å². The Hall–Kier alpha value is -1.83. The van der Waals surface area contributed by atoms with Crippen LogP contribution in [0, 0.1) is 5.41 Å². The van der Waals surface area contributed by atoms with Crippen LogP contribution in [-0.4, -0.2) is 57.8 Å². The molecule has 1 heterocycles. The fourth-order valence-electron chi connectivity index (χ4n) is 1.40. The topological polar surface area (TPSA) is 115 Å². The van der Waals surface area contributed by atoms with Gasteiger partial charge < -0.3 is 20.6 Å². The van der Waals surface area contributed by atoms with Crippen LogP contribution in [-0.2, 0) is 4.79 Å². The van der Waals surface area contributed by atoms with Gasteiger partial charge in [-0.15, -0.1) is 0 Å². The maximum absolute atomic E-state index is 12.0. The minimum Gasteiger partial charge on any atom is -0.394 e. The highest BCUT2D eigenvalue weighted by Gasteiger charge is 2.26. The molecule has 0 bridgehead atoms. The standard InChI is InChI=1S/C15H23N3O4/c1-14(2,3)13(22)18-12-11(5-4-6-16-12)7-17-15(8-19,9-20)10-21/h4-7,19-21H,8-10H2,1-3H3,(H,16,18,22). The quantitative estimate of drug-likeness (QED) is 0.560. The van der Waals surface area contributed by atoms with Crippen LogP contribution in [0.15, 0.2) is 23.3 Å². The van der Waals surface area contributed by atoms with E-state index in [0.29, 0.717) is 11.4 Å². The van der Waals surface area contributed by atoms with Gasteiger partial charge in [0.25, 0.3) is 0 Å². The van der Waals surface area contributed by atoms with E-state index in [-0.39, 0.29) is 5.91 Å². The van der Waals surface area contributed by atoms with Gasteiger partial charge in [0.15, 0.2) is 0 Å². The van der Waals surface area contributed by atoms with E-state index >= 15 is 0 Å². The number of amides is 1. The summed E-state index contributed by atoms with van der Waals surface area (Å²) < 4.78 is 0. The normalized spacial score (nSPS) is 12.6. The number of aliphatic hydroxyl groups excluding tert-OH is 3. The largest absolute Gasteiger partial charge is 0.394 e. The van der Waals surface area contributed by atoms with Crippen LogP contribution in [0.25, 0.3) is 0 Å². The summed E-state index contributed by atoms with van der Waals surface area (Å²) in [4.78, 5) is 20.2. The molecular weight excluding hydrogens is 286 g/mol. The third-order valence-corrected chi connectivity index (χ3v) is 3.11. The van der Waals surface area contributed by atoms with Gasteiger partial charge in [-0.05, 0) is 12.1 Å². The maximum atomic E-state index is 12.0. The first kappa shape index (κ1) is 18.2. The van der Waals surface area contributed by atoms with Gasteiger partial charge in [-0.2, -0.15) is 0 Å². The second kappa shape index (κ2) is 7.44. The van der Waals surface area contributed by atoms with Crippen molar-refractivity contribution in [1.82, 2.24) is 4.98 Å². The molecule has 1 aromatic heterocycles. The van der Waals surface area contributed by atoms with E-state index in [1.165, 1.54) is 12.4 Å². The highest BCUT2D eigenvalue weighted by atomic mass is 16.3. The highest BCUT2D eigenvalue weighted by Crippen LogP contribution is 2.18. The molecular formula is C15H23N3O4. The van der Waals surface area contributed by atoms with E-state index in [1.807, 2.05) is 0 Å². The van der Waals surface area contributed by atoms with Gasteiger partial charge in [0.05, 0.1) is 19.8 Å². The van der Waals surface area contributed by atoms with Crippen LogP contribution < -0.4 is 5.32 Å². The smallest absolute Gasteiger partial charge is 0.230 e. The van der Waals surface area contributed by atoms with Crippen LogP contribution in [0.3, 0.4) is 0 Å². The number of aliphatic imine (C=N–C) groups is 1. The predicted molar refractivity (Wildman–Crippen MR) is 83.9 cm³/mol. The molecule has 1 aromatic rings. The van der Waals surface area contributed by atoms with Crippen LogP contribution in [0.5, 0.6) is 0 Å². The van der Waals surface area contributed by atoms with E-state index in [9.17, 15) is 20.1 Å². The van der Waals surface area contributed by atoms with Crippen LogP contribution in [0.4, 0.5) is 5.82 Å². The van der Waals surface area contributed by atoms with Gasteiger partial charge in [0.2, 0.25) is 5.91 Å². The molecule has 0 aromatic carbocycles. The molecule has 0 saturated heterocycles. The third kappa shape index (κ3) is 4.59. The van der Waals surface area contributed by atoms with E-state index in [0.717, 1.165) is 0 Å². The molecule has 122 valence electrons. The number of anilines is 1. The van der Waals surface area contributed by atoms with Gasteiger partial charge in [-0.25, -0.2) is 4.98 Å². The number of carbonyl (C=O) groups is 1. The Morgan fingerprint density at radius 2 is 1.86 bits per heavy atom. The Balaban J connectivity index is 3.05. The van der Waals surface area contributed by atoms with Gasteiger partial charge in [0, 0.05) is 23.4 Å². The molecule has 0 radical (unpaired) electrons. The Bertz CT molecular complexity index is 526. The molecule has 4 N–H and O–H groups in total. The minimum atomic E-state index is -1.36. The average molecular weight is 309 g/mol. The Labute approximate surface area is 129 Å². The van der Waals surface area contributed by atoms with Crippen molar-refractivity contribution in [2.24, 2.45) is 10.4 Å². The van der Waals surface area contributed by atoms with E-state index < -0.39 is 30.8 Å². The number of pyridine rings is 1. The van der Waals surface area contributed by atoms with Crippen molar-refractivity contribution in [2.75, 3.05) is 25.1 Å². The lowest BCUT2D eigenvalue weighted by atomic mass is 9.95. The van der Waals surface area contributed by atoms with Gasteiger partial charge in [-0.3, -0.25) is 9.79 Å². The Morgan fingerprint density at radius 3 is 2.36 bits per heavy atom. The zero-order valence-corrected chi connectivity index (χ0v) is 13.1. The summed E-state index contributed by atoms with van der Waals surface area (Å²) in [7, 11) is 0. The van der Waals surface area contributed by atoms with Crippen LogP contribution >= 0.6 is 0 Å². The summed E-state index contributed by atoms with van der Waals surface area (Å²) >= 11 is 0. The molecule has 7 heteroatoms. The molecule has 0 aliphatic carbocycles. The highest BCUT2D eigenvalue weighted by molar-refractivity contribution is 5.98. The number of aliphatic hydroxyl groups is 3. The van der Waals surface area contributed by atoms with Crippen molar-refractivity contribution >= 4 is 17.9 Å². The van der Waals surface area contributed by atoms with Crippen molar-refractivity contribution in [3.63, 3.8) is 0 Å². The molecule has 1 amide bonds. The number of carbonyl (C=O) groups excluding carboxylic acids is 1. The summed E-state index contributed by atoms with van der Waals surface area (Å²) in [5, 5.41) is 30.5. The summed E-state index contributed by atoms with van der Waals surface area (Å²) in [6, 6.07) is 3.36. The first-order valence-corrected chi connectivity index (χ1v) is 6.92. The van der Waals surface area contributed by atoms with Crippen LogP contribution in [0.2, 0.25) is 0 Å². The zero-order valence-electron chi connectivity index (χ0n) is 13.1. The average Bonchev–Trinajstić information content (AvgIpc) is 2.49. The fourth-order valence-corrected chi connectivity index (χ4v) is 1.40. The molecule has 0 spiro atoms. The molecule has 7 nitrogen and oxygen atoms in total. The molecule has 0 aliphatic rings. The molecule has 0 aliphatic heterocycles. The molecule has 0 saturated carbocycles. The molecule has 0 atom stereocenters. The molecule has 1 rings (SSSR count). The maximum Gasteiger partial charge on any atom is 0.230 e. The minimum absolute atomic E-state index is 0.196. The lowest BCUT2D eigenvalue weighted by Gasteiger charge is -2.22. The van der Waals surface area contributed by atoms with Crippen molar-refractivity contribution in [1.29, 1.82) is 0 Å². The lowest BCUT2D eigenvalue weighted by Crippen LogP contribution is -2.39. The van der Waals surface area contributed by atoms with Gasteiger partial charge in [-0.1, -0.05) is 20.8 Å². The SMILES string of the molecule is CC(C)(C)C(=O)Nc1ncccc1C=NC(CO)(CO)CO. The zero-order chi connectivity index (χ0) is 16.8.